The maximum atomic E-state index is 12.8. The van der Waals surface area contributed by atoms with Gasteiger partial charge in [-0.25, -0.2) is 0 Å². The summed E-state index contributed by atoms with van der Waals surface area (Å²) in [7, 11) is 0. The smallest absolute Gasteiger partial charge is 0.255 e. The number of rotatable bonds is 5. The van der Waals surface area contributed by atoms with Crippen molar-refractivity contribution in [3.63, 3.8) is 0 Å². The number of hydrogen-bond donors (Lipinski definition) is 1. The molecule has 2 aromatic rings. The lowest BCUT2D eigenvalue weighted by Crippen LogP contribution is -2.37. The van der Waals surface area contributed by atoms with E-state index in [1.165, 1.54) is 0 Å². The van der Waals surface area contributed by atoms with Gasteiger partial charge in [-0.05, 0) is 31.0 Å². The molecule has 1 fully saturated rings. The Balaban J connectivity index is 1.81. The van der Waals surface area contributed by atoms with Gasteiger partial charge in [0.1, 0.15) is 5.75 Å². The average molecular weight is 312 g/mol. The highest BCUT2D eigenvalue weighted by atomic mass is 16.5. The number of carbonyl (C=O) groups excluding carboxylic acids is 1. The maximum absolute atomic E-state index is 12.8. The number of nitrogens with zero attached hydrogens (tertiary/aromatic N) is 2. The molecule has 1 atom stereocenters. The van der Waals surface area contributed by atoms with E-state index in [0.717, 1.165) is 25.0 Å². The minimum Gasteiger partial charge on any atom is -0.508 e. The first kappa shape index (κ1) is 15.5. The summed E-state index contributed by atoms with van der Waals surface area (Å²) in [5.41, 5.74) is 1.27. The third-order valence-electron chi connectivity index (χ3n) is 4.00. The molecular formula is C18H20N2O3. The zero-order chi connectivity index (χ0) is 16.1. The van der Waals surface area contributed by atoms with Crippen LogP contribution in [-0.2, 0) is 11.3 Å². The van der Waals surface area contributed by atoms with Crippen molar-refractivity contribution in [2.45, 2.75) is 25.5 Å². The molecule has 0 bridgehead atoms. The summed E-state index contributed by atoms with van der Waals surface area (Å²) in [4.78, 5) is 18.5. The normalized spacial score (nSPS) is 17.1. The van der Waals surface area contributed by atoms with Gasteiger partial charge in [0.2, 0.25) is 0 Å². The van der Waals surface area contributed by atoms with Gasteiger partial charge >= 0.3 is 0 Å². The fraction of sp³-hybridized carbons (Fsp3) is 0.333. The Morgan fingerprint density at radius 1 is 1.30 bits per heavy atom. The quantitative estimate of drug-likeness (QED) is 0.922. The minimum absolute atomic E-state index is 0.0569. The standard InChI is InChI=1S/C18H20N2O3/c21-17-8-2-1-5-15(17)12-20(13-16-7-4-10-23-16)18(22)14-6-3-9-19-11-14/h1-3,5-6,8-9,11,16,21H,4,7,10,12-13H2. The Bertz CT molecular complexity index is 654. The molecule has 120 valence electrons. The molecule has 0 radical (unpaired) electrons. The van der Waals surface area contributed by atoms with Gasteiger partial charge in [0, 0.05) is 37.7 Å². The lowest BCUT2D eigenvalue weighted by molar-refractivity contribution is 0.0505. The number of hydrogen-bond acceptors (Lipinski definition) is 4. The van der Waals surface area contributed by atoms with Crippen LogP contribution in [0.15, 0.2) is 48.8 Å². The number of pyridine rings is 1. The topological polar surface area (TPSA) is 62.7 Å². The molecule has 23 heavy (non-hydrogen) atoms. The number of phenolic OH excluding ortho intramolecular Hbond substituents is 1. The molecule has 1 N–H and O–H groups in total. The Morgan fingerprint density at radius 2 is 2.17 bits per heavy atom. The molecule has 2 heterocycles. The number of carbonyl (C=O) groups is 1. The first-order chi connectivity index (χ1) is 11.2. The zero-order valence-electron chi connectivity index (χ0n) is 12.9. The van der Waals surface area contributed by atoms with Crippen LogP contribution in [0.3, 0.4) is 0 Å². The summed E-state index contributed by atoms with van der Waals surface area (Å²) in [6, 6.07) is 10.6. The third kappa shape index (κ3) is 3.87. The van der Waals surface area contributed by atoms with Gasteiger partial charge in [0.05, 0.1) is 11.7 Å². The Morgan fingerprint density at radius 3 is 2.87 bits per heavy atom. The number of aromatic nitrogens is 1. The number of amides is 1. The van der Waals surface area contributed by atoms with Crippen LogP contribution >= 0.6 is 0 Å². The van der Waals surface area contributed by atoms with Crippen molar-refractivity contribution >= 4 is 5.91 Å². The predicted octanol–water partition coefficient (Wildman–Crippen LogP) is 2.61. The first-order valence-corrected chi connectivity index (χ1v) is 7.82. The molecule has 0 aliphatic carbocycles. The number of ether oxygens (including phenoxy) is 1. The SMILES string of the molecule is O=C(c1cccnc1)N(Cc1ccccc1O)CC1CCCO1. The number of benzene rings is 1. The van der Waals surface area contributed by atoms with Crippen LogP contribution in [0.1, 0.15) is 28.8 Å². The second-order valence-corrected chi connectivity index (χ2v) is 5.69. The summed E-state index contributed by atoms with van der Waals surface area (Å²) in [5, 5.41) is 9.99. The van der Waals surface area contributed by atoms with Gasteiger partial charge in [-0.3, -0.25) is 9.78 Å². The van der Waals surface area contributed by atoms with Crippen LogP contribution < -0.4 is 0 Å². The van der Waals surface area contributed by atoms with E-state index in [2.05, 4.69) is 4.98 Å². The first-order valence-electron chi connectivity index (χ1n) is 7.82. The van der Waals surface area contributed by atoms with Crippen LogP contribution in [0, 0.1) is 0 Å². The molecule has 0 saturated carbocycles. The molecular weight excluding hydrogens is 292 g/mol. The van der Waals surface area contributed by atoms with E-state index in [9.17, 15) is 9.90 Å². The van der Waals surface area contributed by atoms with Gasteiger partial charge in [0.15, 0.2) is 0 Å². The van der Waals surface area contributed by atoms with Crippen LogP contribution in [0.4, 0.5) is 0 Å². The van der Waals surface area contributed by atoms with E-state index in [1.54, 1.807) is 41.6 Å². The molecule has 1 amide bonds. The van der Waals surface area contributed by atoms with Crippen molar-refractivity contribution in [1.29, 1.82) is 0 Å². The maximum Gasteiger partial charge on any atom is 0.255 e. The Hall–Kier alpha value is -2.40. The van der Waals surface area contributed by atoms with Crippen molar-refractivity contribution in [1.82, 2.24) is 9.88 Å². The van der Waals surface area contributed by atoms with Crippen molar-refractivity contribution in [3.8, 4) is 5.75 Å². The third-order valence-corrected chi connectivity index (χ3v) is 4.00. The van der Waals surface area contributed by atoms with Gasteiger partial charge < -0.3 is 14.7 Å². The lowest BCUT2D eigenvalue weighted by atomic mass is 10.1. The summed E-state index contributed by atoms with van der Waals surface area (Å²) in [6.07, 6.45) is 5.25. The van der Waals surface area contributed by atoms with Crippen LogP contribution in [0.2, 0.25) is 0 Å². The highest BCUT2D eigenvalue weighted by molar-refractivity contribution is 5.93. The summed E-state index contributed by atoms with van der Waals surface area (Å²) < 4.78 is 5.67. The van der Waals surface area contributed by atoms with E-state index in [4.69, 9.17) is 4.74 Å². The van der Waals surface area contributed by atoms with Crippen LogP contribution in [0.5, 0.6) is 5.75 Å². The van der Waals surface area contributed by atoms with Crippen molar-refractivity contribution < 1.29 is 14.6 Å². The fourth-order valence-electron chi connectivity index (χ4n) is 2.78. The summed E-state index contributed by atoms with van der Waals surface area (Å²) in [6.45, 7) is 1.61. The number of aromatic hydroxyl groups is 1. The van der Waals surface area contributed by atoms with E-state index < -0.39 is 0 Å². The second kappa shape index (κ2) is 7.24. The predicted molar refractivity (Wildman–Crippen MR) is 86.1 cm³/mol. The van der Waals surface area contributed by atoms with Gasteiger partial charge in [-0.1, -0.05) is 18.2 Å². The van der Waals surface area contributed by atoms with E-state index in [0.29, 0.717) is 18.7 Å². The van der Waals surface area contributed by atoms with E-state index in [1.807, 2.05) is 12.1 Å². The number of para-hydroxylation sites is 1. The highest BCUT2D eigenvalue weighted by Gasteiger charge is 2.24. The monoisotopic (exact) mass is 312 g/mol. The average Bonchev–Trinajstić information content (AvgIpc) is 3.09. The Kier molecular flexibility index (Phi) is 4.88. The molecule has 1 aliphatic heterocycles. The summed E-state index contributed by atoms with van der Waals surface area (Å²) >= 11 is 0. The van der Waals surface area contributed by atoms with Crippen molar-refractivity contribution in [2.24, 2.45) is 0 Å². The molecule has 5 nitrogen and oxygen atoms in total. The molecule has 1 aromatic carbocycles. The molecule has 1 aliphatic rings. The van der Waals surface area contributed by atoms with Gasteiger partial charge in [-0.15, -0.1) is 0 Å². The summed E-state index contributed by atoms with van der Waals surface area (Å²) in [5.74, 6) is 0.0979. The fourth-order valence-corrected chi connectivity index (χ4v) is 2.78. The van der Waals surface area contributed by atoms with Crippen LogP contribution in [0.25, 0.3) is 0 Å². The second-order valence-electron chi connectivity index (χ2n) is 5.69. The Labute approximate surface area is 135 Å². The lowest BCUT2D eigenvalue weighted by Gasteiger charge is -2.26. The number of phenols is 1. The van der Waals surface area contributed by atoms with Gasteiger partial charge in [-0.2, -0.15) is 0 Å². The van der Waals surface area contributed by atoms with E-state index in [-0.39, 0.29) is 17.8 Å². The van der Waals surface area contributed by atoms with Crippen molar-refractivity contribution in [3.05, 3.63) is 59.9 Å². The molecule has 1 saturated heterocycles. The zero-order valence-corrected chi connectivity index (χ0v) is 12.9. The molecule has 3 rings (SSSR count). The minimum atomic E-state index is -0.100. The van der Waals surface area contributed by atoms with Crippen LogP contribution in [-0.4, -0.2) is 40.2 Å². The molecule has 1 aromatic heterocycles. The van der Waals surface area contributed by atoms with Crippen molar-refractivity contribution in [2.75, 3.05) is 13.2 Å². The largest absolute Gasteiger partial charge is 0.508 e. The highest BCUT2D eigenvalue weighted by Crippen LogP contribution is 2.21. The molecule has 5 heteroatoms. The molecule has 1 unspecified atom stereocenters. The molecule has 0 spiro atoms. The van der Waals surface area contributed by atoms with E-state index >= 15 is 0 Å². The van der Waals surface area contributed by atoms with Gasteiger partial charge in [0.25, 0.3) is 5.91 Å².